The highest BCUT2D eigenvalue weighted by Gasteiger charge is 2.23. The van der Waals surface area contributed by atoms with Gasteiger partial charge in [-0.15, -0.1) is 0 Å². The third-order valence-corrected chi connectivity index (χ3v) is 3.07. The van der Waals surface area contributed by atoms with Crippen LogP contribution in [0.2, 0.25) is 0 Å². The van der Waals surface area contributed by atoms with Crippen LogP contribution in [0.4, 0.5) is 5.82 Å². The van der Waals surface area contributed by atoms with Crippen molar-refractivity contribution >= 4 is 11.7 Å². The van der Waals surface area contributed by atoms with E-state index >= 15 is 0 Å². The van der Waals surface area contributed by atoms with Crippen molar-refractivity contribution in [2.24, 2.45) is 11.7 Å². The van der Waals surface area contributed by atoms with Gasteiger partial charge in [0.1, 0.15) is 11.7 Å². The minimum absolute atomic E-state index is 0.0581. The average molecular weight is 234 g/mol. The summed E-state index contributed by atoms with van der Waals surface area (Å²) in [7, 11) is 1.74. The van der Waals surface area contributed by atoms with Crippen LogP contribution in [0, 0.1) is 11.3 Å². The number of amidine groups is 1. The summed E-state index contributed by atoms with van der Waals surface area (Å²) >= 11 is 0. The van der Waals surface area contributed by atoms with Gasteiger partial charge in [0.25, 0.3) is 0 Å². The molecule has 1 unspecified atom stereocenters. The monoisotopic (exact) mass is 234 g/mol. The Hall–Kier alpha value is -1.62. The zero-order valence-corrected chi connectivity index (χ0v) is 10.0. The molecule has 0 bridgehead atoms. The first-order chi connectivity index (χ1) is 8.20. The first-order valence-corrected chi connectivity index (χ1v) is 5.75. The Morgan fingerprint density at radius 1 is 1.65 bits per heavy atom. The lowest BCUT2D eigenvalue weighted by atomic mass is 10.1. The fourth-order valence-corrected chi connectivity index (χ4v) is 2.14. The number of hydrogen-bond donors (Lipinski definition) is 2. The molecule has 1 fully saturated rings. The smallest absolute Gasteiger partial charge is 0.128 e. The average Bonchev–Trinajstić information content (AvgIpc) is 2.78. The summed E-state index contributed by atoms with van der Waals surface area (Å²) in [4.78, 5) is 6.58. The van der Waals surface area contributed by atoms with E-state index in [4.69, 9.17) is 15.9 Å². The molecule has 0 amide bonds. The molecule has 0 saturated carbocycles. The van der Waals surface area contributed by atoms with Gasteiger partial charge >= 0.3 is 0 Å². The van der Waals surface area contributed by atoms with Gasteiger partial charge in [0.15, 0.2) is 0 Å². The van der Waals surface area contributed by atoms with Gasteiger partial charge in [-0.1, -0.05) is 0 Å². The molecule has 1 aliphatic heterocycles. The maximum absolute atomic E-state index is 7.31. The summed E-state index contributed by atoms with van der Waals surface area (Å²) in [5.74, 6) is 1.60. The molecule has 1 aliphatic rings. The lowest BCUT2D eigenvalue weighted by Crippen LogP contribution is -2.22. The lowest BCUT2D eigenvalue weighted by molar-refractivity contribution is 0.161. The van der Waals surface area contributed by atoms with E-state index in [2.05, 4.69) is 9.88 Å². The van der Waals surface area contributed by atoms with Crippen molar-refractivity contribution in [3.05, 3.63) is 23.9 Å². The molecule has 5 nitrogen and oxygen atoms in total. The Labute approximate surface area is 101 Å². The normalized spacial score (nSPS) is 19.6. The fraction of sp³-hybridized carbons (Fsp3) is 0.500. The summed E-state index contributed by atoms with van der Waals surface area (Å²) < 4.78 is 5.17. The minimum Gasteiger partial charge on any atom is -0.384 e. The van der Waals surface area contributed by atoms with Crippen LogP contribution in [0.15, 0.2) is 18.3 Å². The standard InChI is InChI=1S/C12H18N4O/c1-17-8-9-4-5-16(7-9)11-3-2-10(6-15-11)12(13)14/h2-3,6,9H,4-5,7-8H2,1H3,(H3,13,14). The molecule has 1 saturated heterocycles. The molecule has 3 N–H and O–H groups in total. The van der Waals surface area contributed by atoms with Crippen LogP contribution in [0.25, 0.3) is 0 Å². The third-order valence-electron chi connectivity index (χ3n) is 3.07. The second-order valence-corrected chi connectivity index (χ2v) is 4.37. The molecule has 17 heavy (non-hydrogen) atoms. The van der Waals surface area contributed by atoms with Gasteiger partial charge in [0.2, 0.25) is 0 Å². The SMILES string of the molecule is COCC1CCN(c2ccc(C(=N)N)cn2)C1. The Morgan fingerprint density at radius 3 is 3.06 bits per heavy atom. The highest BCUT2D eigenvalue weighted by molar-refractivity contribution is 5.94. The number of pyridine rings is 1. The quantitative estimate of drug-likeness (QED) is 0.598. The number of ether oxygens (including phenoxy) is 1. The second kappa shape index (κ2) is 5.14. The Bertz CT molecular complexity index is 390. The van der Waals surface area contributed by atoms with Crippen molar-refractivity contribution in [1.82, 2.24) is 4.98 Å². The number of nitrogens with zero attached hydrogens (tertiary/aromatic N) is 2. The number of nitrogen functional groups attached to an aromatic ring is 1. The topological polar surface area (TPSA) is 75.2 Å². The molecule has 2 heterocycles. The summed E-state index contributed by atoms with van der Waals surface area (Å²) in [6.45, 7) is 2.81. The molecule has 0 aromatic carbocycles. The number of anilines is 1. The molecule has 0 radical (unpaired) electrons. The van der Waals surface area contributed by atoms with E-state index in [0.717, 1.165) is 31.9 Å². The van der Waals surface area contributed by atoms with Crippen LogP contribution in [-0.2, 0) is 4.74 Å². The number of aromatic nitrogens is 1. The van der Waals surface area contributed by atoms with E-state index in [1.807, 2.05) is 12.1 Å². The zero-order chi connectivity index (χ0) is 12.3. The number of hydrogen-bond acceptors (Lipinski definition) is 4. The van der Waals surface area contributed by atoms with Crippen LogP contribution in [-0.4, -0.2) is 37.6 Å². The van der Waals surface area contributed by atoms with Gasteiger partial charge in [0, 0.05) is 37.9 Å². The first kappa shape index (κ1) is 11.9. The van der Waals surface area contributed by atoms with Crippen molar-refractivity contribution in [3.8, 4) is 0 Å². The van der Waals surface area contributed by atoms with Crippen LogP contribution in [0.1, 0.15) is 12.0 Å². The molecule has 5 heteroatoms. The maximum Gasteiger partial charge on any atom is 0.128 e. The number of rotatable bonds is 4. The van der Waals surface area contributed by atoms with Gasteiger partial charge in [-0.3, -0.25) is 5.41 Å². The first-order valence-electron chi connectivity index (χ1n) is 5.75. The largest absolute Gasteiger partial charge is 0.384 e. The summed E-state index contributed by atoms with van der Waals surface area (Å²) in [6, 6.07) is 3.76. The van der Waals surface area contributed by atoms with E-state index in [0.29, 0.717) is 11.5 Å². The molecule has 92 valence electrons. The highest BCUT2D eigenvalue weighted by Crippen LogP contribution is 2.22. The van der Waals surface area contributed by atoms with E-state index in [1.165, 1.54) is 0 Å². The van der Waals surface area contributed by atoms with Crippen LogP contribution >= 0.6 is 0 Å². The van der Waals surface area contributed by atoms with E-state index in [9.17, 15) is 0 Å². The minimum atomic E-state index is 0.0581. The molecule has 2 rings (SSSR count). The van der Waals surface area contributed by atoms with Crippen molar-refractivity contribution in [3.63, 3.8) is 0 Å². The number of methoxy groups -OCH3 is 1. The molecule has 0 aliphatic carbocycles. The molecule has 1 aromatic rings. The molecule has 1 aromatic heterocycles. The number of nitrogens with one attached hydrogen (secondary N) is 1. The van der Waals surface area contributed by atoms with Gasteiger partial charge in [-0.25, -0.2) is 4.98 Å². The van der Waals surface area contributed by atoms with E-state index in [1.54, 1.807) is 13.3 Å². The number of nitrogens with two attached hydrogens (primary N) is 1. The fourth-order valence-electron chi connectivity index (χ4n) is 2.14. The van der Waals surface area contributed by atoms with E-state index in [-0.39, 0.29) is 5.84 Å². The van der Waals surface area contributed by atoms with E-state index < -0.39 is 0 Å². The van der Waals surface area contributed by atoms with Gasteiger partial charge in [0.05, 0.1) is 6.61 Å². The Kier molecular flexibility index (Phi) is 3.58. The summed E-state index contributed by atoms with van der Waals surface area (Å²) in [5.41, 5.74) is 6.06. The molecular weight excluding hydrogens is 216 g/mol. The molecule has 1 atom stereocenters. The van der Waals surface area contributed by atoms with Crippen LogP contribution in [0.5, 0.6) is 0 Å². The molecular formula is C12H18N4O. The predicted octanol–water partition coefficient (Wildman–Crippen LogP) is 0.838. The van der Waals surface area contributed by atoms with Crippen molar-refractivity contribution in [2.75, 3.05) is 31.7 Å². The van der Waals surface area contributed by atoms with Crippen LogP contribution in [0.3, 0.4) is 0 Å². The Balaban J connectivity index is 2.01. The predicted molar refractivity (Wildman–Crippen MR) is 67.4 cm³/mol. The maximum atomic E-state index is 7.31. The van der Waals surface area contributed by atoms with Crippen molar-refractivity contribution in [1.29, 1.82) is 5.41 Å². The van der Waals surface area contributed by atoms with Gasteiger partial charge in [-0.05, 0) is 18.6 Å². The zero-order valence-electron chi connectivity index (χ0n) is 10.0. The van der Waals surface area contributed by atoms with Crippen molar-refractivity contribution in [2.45, 2.75) is 6.42 Å². The summed E-state index contributed by atoms with van der Waals surface area (Å²) in [6.07, 6.45) is 2.80. The van der Waals surface area contributed by atoms with Gasteiger partial charge < -0.3 is 15.4 Å². The third kappa shape index (κ3) is 2.74. The summed E-state index contributed by atoms with van der Waals surface area (Å²) in [5, 5.41) is 7.31. The Morgan fingerprint density at radius 2 is 2.47 bits per heavy atom. The van der Waals surface area contributed by atoms with Crippen LogP contribution < -0.4 is 10.6 Å². The van der Waals surface area contributed by atoms with Crippen molar-refractivity contribution < 1.29 is 4.74 Å². The lowest BCUT2D eigenvalue weighted by Gasteiger charge is -2.17. The second-order valence-electron chi connectivity index (χ2n) is 4.37. The van der Waals surface area contributed by atoms with Gasteiger partial charge in [-0.2, -0.15) is 0 Å². The highest BCUT2D eigenvalue weighted by atomic mass is 16.5. The molecule has 0 spiro atoms.